The molecule has 0 atom stereocenters. The minimum atomic E-state index is 0. The molecule has 3 heteroatoms. The molecule has 2 nitrogen and oxygen atoms in total. The maximum absolute atomic E-state index is 9.60. The SMILES string of the molecule is Cc1ccc2c(c1)C(O)=CC=CO2.Cl. The molecule has 0 spiro atoms. The van der Waals surface area contributed by atoms with Gasteiger partial charge in [-0.2, -0.15) is 0 Å². The van der Waals surface area contributed by atoms with Crippen molar-refractivity contribution in [2.24, 2.45) is 0 Å². The van der Waals surface area contributed by atoms with Crippen molar-refractivity contribution in [3.05, 3.63) is 47.7 Å². The van der Waals surface area contributed by atoms with Gasteiger partial charge in [-0.15, -0.1) is 12.4 Å². The highest BCUT2D eigenvalue weighted by molar-refractivity contribution is 5.85. The van der Waals surface area contributed by atoms with Crippen molar-refractivity contribution in [1.82, 2.24) is 0 Å². The van der Waals surface area contributed by atoms with Crippen LogP contribution in [-0.2, 0) is 0 Å². The Balaban J connectivity index is 0.000000980. The number of halogens is 1. The predicted molar refractivity (Wildman–Crippen MR) is 58.8 cm³/mol. The summed E-state index contributed by atoms with van der Waals surface area (Å²) in [6.45, 7) is 1.98. The maximum Gasteiger partial charge on any atom is 0.137 e. The van der Waals surface area contributed by atoms with Gasteiger partial charge in [-0.25, -0.2) is 0 Å². The Bertz CT molecular complexity index is 394. The van der Waals surface area contributed by atoms with E-state index in [-0.39, 0.29) is 18.2 Å². The van der Waals surface area contributed by atoms with Gasteiger partial charge >= 0.3 is 0 Å². The first kappa shape index (κ1) is 10.7. The Kier molecular flexibility index (Phi) is 3.20. The summed E-state index contributed by atoms with van der Waals surface area (Å²) in [4.78, 5) is 0. The van der Waals surface area contributed by atoms with Crippen LogP contribution in [0.3, 0.4) is 0 Å². The van der Waals surface area contributed by atoms with Crippen LogP contribution in [-0.4, -0.2) is 5.11 Å². The van der Waals surface area contributed by atoms with Crippen LogP contribution in [0.15, 0.2) is 36.6 Å². The molecule has 0 saturated carbocycles. The third kappa shape index (κ3) is 1.91. The number of hydrogen-bond acceptors (Lipinski definition) is 2. The Hall–Kier alpha value is -1.41. The van der Waals surface area contributed by atoms with Gasteiger partial charge in [0.05, 0.1) is 11.8 Å². The second kappa shape index (κ2) is 4.20. The van der Waals surface area contributed by atoms with Gasteiger partial charge in [0.25, 0.3) is 0 Å². The molecule has 0 aromatic heterocycles. The minimum absolute atomic E-state index is 0. The van der Waals surface area contributed by atoms with Crippen LogP contribution in [0.5, 0.6) is 5.75 Å². The van der Waals surface area contributed by atoms with Crippen LogP contribution in [0.2, 0.25) is 0 Å². The third-order valence-corrected chi connectivity index (χ3v) is 1.94. The van der Waals surface area contributed by atoms with Gasteiger partial charge in [0.2, 0.25) is 0 Å². The van der Waals surface area contributed by atoms with E-state index < -0.39 is 0 Å². The Labute approximate surface area is 88.9 Å². The summed E-state index contributed by atoms with van der Waals surface area (Å²) in [5.41, 5.74) is 1.84. The molecule has 1 N–H and O–H groups in total. The number of hydrogen-bond donors (Lipinski definition) is 1. The zero-order valence-electron chi connectivity index (χ0n) is 7.73. The summed E-state index contributed by atoms with van der Waals surface area (Å²) < 4.78 is 5.28. The molecule has 1 aromatic carbocycles. The zero-order chi connectivity index (χ0) is 9.26. The van der Waals surface area contributed by atoms with E-state index in [4.69, 9.17) is 4.74 Å². The Morgan fingerprint density at radius 3 is 2.86 bits per heavy atom. The highest BCUT2D eigenvalue weighted by atomic mass is 35.5. The lowest BCUT2D eigenvalue weighted by atomic mass is 10.1. The molecule has 0 saturated heterocycles. The third-order valence-electron chi connectivity index (χ3n) is 1.94. The van der Waals surface area contributed by atoms with E-state index >= 15 is 0 Å². The molecule has 14 heavy (non-hydrogen) atoms. The fraction of sp³-hybridized carbons (Fsp3) is 0.0909. The van der Waals surface area contributed by atoms with Crippen LogP contribution in [0.25, 0.3) is 5.76 Å². The average molecular weight is 211 g/mol. The van der Waals surface area contributed by atoms with E-state index in [2.05, 4.69) is 0 Å². The number of aliphatic hydroxyl groups excluding tert-OH is 1. The van der Waals surface area contributed by atoms with Crippen molar-refractivity contribution in [3.63, 3.8) is 0 Å². The second-order valence-electron chi connectivity index (χ2n) is 3.00. The standard InChI is InChI=1S/C11H10O2.ClH/c1-8-4-5-11-9(7-8)10(12)3-2-6-13-11;/h2-7,12H,1H3;1H. The number of rotatable bonds is 0. The van der Waals surface area contributed by atoms with Crippen molar-refractivity contribution in [1.29, 1.82) is 0 Å². The van der Waals surface area contributed by atoms with Crippen molar-refractivity contribution in [2.45, 2.75) is 6.92 Å². The van der Waals surface area contributed by atoms with Gasteiger partial charge in [-0.1, -0.05) is 11.6 Å². The summed E-state index contributed by atoms with van der Waals surface area (Å²) >= 11 is 0. The van der Waals surface area contributed by atoms with Crippen LogP contribution >= 0.6 is 12.4 Å². The molecule has 0 radical (unpaired) electrons. The van der Waals surface area contributed by atoms with Gasteiger partial charge in [-0.3, -0.25) is 0 Å². The van der Waals surface area contributed by atoms with Crippen molar-refractivity contribution < 1.29 is 9.84 Å². The van der Waals surface area contributed by atoms with Gasteiger partial charge in [-0.05, 0) is 31.2 Å². The van der Waals surface area contributed by atoms with Crippen LogP contribution in [0.1, 0.15) is 11.1 Å². The summed E-state index contributed by atoms with van der Waals surface area (Å²) in [6, 6.07) is 5.70. The smallest absolute Gasteiger partial charge is 0.137 e. The molecule has 0 unspecified atom stereocenters. The van der Waals surface area contributed by atoms with Gasteiger partial charge in [0, 0.05) is 0 Å². The lowest BCUT2D eigenvalue weighted by Crippen LogP contribution is -1.89. The fourth-order valence-electron chi connectivity index (χ4n) is 1.28. The van der Waals surface area contributed by atoms with E-state index in [1.165, 1.54) is 0 Å². The van der Waals surface area contributed by atoms with Crippen molar-refractivity contribution in [3.8, 4) is 5.75 Å². The molecule has 0 bridgehead atoms. The quantitative estimate of drug-likeness (QED) is 0.713. The lowest BCUT2D eigenvalue weighted by Gasteiger charge is -2.06. The van der Waals surface area contributed by atoms with Crippen molar-refractivity contribution >= 4 is 18.2 Å². The predicted octanol–water partition coefficient (Wildman–Crippen LogP) is 3.22. The van der Waals surface area contributed by atoms with E-state index in [0.29, 0.717) is 5.75 Å². The minimum Gasteiger partial charge on any atom is -0.507 e. The lowest BCUT2D eigenvalue weighted by molar-refractivity contribution is 0.471. The molecule has 1 aliphatic heterocycles. The van der Waals surface area contributed by atoms with E-state index in [0.717, 1.165) is 11.1 Å². The molecular formula is C11H11ClO2. The number of allylic oxidation sites excluding steroid dienone is 2. The van der Waals surface area contributed by atoms with E-state index in [1.807, 2.05) is 25.1 Å². The normalized spacial score (nSPS) is 13.1. The molecule has 0 amide bonds. The van der Waals surface area contributed by atoms with Gasteiger partial charge in [0.1, 0.15) is 11.5 Å². The van der Waals surface area contributed by atoms with Gasteiger partial charge in [0.15, 0.2) is 0 Å². The average Bonchev–Trinajstić information content (AvgIpc) is 2.29. The largest absolute Gasteiger partial charge is 0.507 e. The number of fused-ring (bicyclic) bond motifs is 1. The summed E-state index contributed by atoms with van der Waals surface area (Å²) in [5.74, 6) is 0.931. The molecule has 1 heterocycles. The molecule has 1 aromatic rings. The molecule has 2 rings (SSSR count). The highest BCUT2D eigenvalue weighted by Crippen LogP contribution is 2.27. The topological polar surface area (TPSA) is 29.5 Å². The van der Waals surface area contributed by atoms with Crippen LogP contribution < -0.4 is 4.74 Å². The summed E-state index contributed by atoms with van der Waals surface area (Å²) in [6.07, 6.45) is 4.84. The van der Waals surface area contributed by atoms with Gasteiger partial charge < -0.3 is 9.84 Å². The van der Waals surface area contributed by atoms with E-state index in [1.54, 1.807) is 18.4 Å². The van der Waals surface area contributed by atoms with Crippen LogP contribution in [0, 0.1) is 6.92 Å². The number of ether oxygens (including phenoxy) is 1. The molecule has 0 fully saturated rings. The monoisotopic (exact) mass is 210 g/mol. The van der Waals surface area contributed by atoms with Crippen molar-refractivity contribution in [2.75, 3.05) is 0 Å². The Morgan fingerprint density at radius 1 is 1.29 bits per heavy atom. The molecule has 0 aliphatic carbocycles. The molecular weight excluding hydrogens is 200 g/mol. The second-order valence-corrected chi connectivity index (χ2v) is 3.00. The van der Waals surface area contributed by atoms with Crippen LogP contribution in [0.4, 0.5) is 0 Å². The summed E-state index contributed by atoms with van der Waals surface area (Å²) in [5, 5.41) is 9.60. The Morgan fingerprint density at radius 2 is 2.07 bits per heavy atom. The number of aliphatic hydroxyl groups is 1. The van der Waals surface area contributed by atoms with E-state index in [9.17, 15) is 5.11 Å². The number of aryl methyl sites for hydroxylation is 1. The number of benzene rings is 1. The molecule has 1 aliphatic rings. The highest BCUT2D eigenvalue weighted by Gasteiger charge is 2.08. The fourth-order valence-corrected chi connectivity index (χ4v) is 1.28. The zero-order valence-corrected chi connectivity index (χ0v) is 8.54. The molecule has 74 valence electrons. The first-order chi connectivity index (χ1) is 6.27. The maximum atomic E-state index is 9.60. The first-order valence-electron chi connectivity index (χ1n) is 4.11. The summed E-state index contributed by atoms with van der Waals surface area (Å²) in [7, 11) is 0. The first-order valence-corrected chi connectivity index (χ1v) is 4.11.